The molecule has 2 amide bonds. The second kappa shape index (κ2) is 11.1. The SMILES string of the molecule is CSCCCNc1cc2c(o1)N=CN(c1ccc(NC(=O)Nc3cc(C(F)(F)F)ccc3F)cc1)C2N. The van der Waals surface area contributed by atoms with Gasteiger partial charge >= 0.3 is 12.2 Å². The minimum absolute atomic E-state index is 0.330. The van der Waals surface area contributed by atoms with Crippen molar-refractivity contribution in [1.82, 2.24) is 0 Å². The van der Waals surface area contributed by atoms with E-state index < -0.39 is 35.4 Å². The van der Waals surface area contributed by atoms with Crippen LogP contribution < -0.4 is 26.6 Å². The lowest BCUT2D eigenvalue weighted by Crippen LogP contribution is -2.35. The van der Waals surface area contributed by atoms with Crippen LogP contribution in [-0.4, -0.2) is 30.9 Å². The van der Waals surface area contributed by atoms with Gasteiger partial charge in [0.25, 0.3) is 0 Å². The molecule has 2 heterocycles. The average molecular weight is 537 g/mol. The number of nitrogens with zero attached hydrogens (tertiary/aromatic N) is 2. The Balaban J connectivity index is 1.38. The van der Waals surface area contributed by atoms with E-state index in [0.29, 0.717) is 46.9 Å². The predicted octanol–water partition coefficient (Wildman–Crippen LogP) is 6.38. The first-order valence-corrected chi connectivity index (χ1v) is 12.5. The number of carbonyl (C=O) groups is 1. The van der Waals surface area contributed by atoms with Gasteiger partial charge in [0.15, 0.2) is 5.88 Å². The first kappa shape index (κ1) is 26.4. The predicted molar refractivity (Wildman–Crippen MR) is 138 cm³/mol. The van der Waals surface area contributed by atoms with Crippen LogP contribution in [0.25, 0.3) is 0 Å². The van der Waals surface area contributed by atoms with E-state index in [1.807, 2.05) is 12.3 Å². The van der Waals surface area contributed by atoms with Gasteiger partial charge in [-0.25, -0.2) is 14.2 Å². The molecule has 196 valence electrons. The molecule has 37 heavy (non-hydrogen) atoms. The summed E-state index contributed by atoms with van der Waals surface area (Å²) < 4.78 is 58.3. The van der Waals surface area contributed by atoms with Crippen molar-refractivity contribution < 1.29 is 26.8 Å². The number of rotatable bonds is 8. The fourth-order valence-electron chi connectivity index (χ4n) is 3.59. The molecule has 3 aromatic rings. The highest BCUT2D eigenvalue weighted by molar-refractivity contribution is 7.98. The van der Waals surface area contributed by atoms with Crippen molar-refractivity contribution >= 4 is 53.0 Å². The standard InChI is InChI=1S/C24H24F4N6O2S/c1-37-10-2-9-30-20-12-17-21(29)34(13-31-22(17)36-20)16-6-4-15(5-7-16)32-23(35)33-19-11-14(24(26,27)28)3-8-18(19)25/h3-8,11-13,21,30H,2,9-10,29H2,1H3,(H2,32,33,35). The normalized spacial score (nSPS) is 14.9. The number of amides is 2. The second-order valence-electron chi connectivity index (χ2n) is 8.06. The number of alkyl halides is 3. The van der Waals surface area contributed by atoms with Gasteiger partial charge in [0.05, 0.1) is 16.8 Å². The molecule has 0 spiro atoms. The number of hydrogen-bond donors (Lipinski definition) is 4. The Hall–Kier alpha value is -3.71. The number of nitrogens with two attached hydrogens (primary N) is 1. The molecular weight excluding hydrogens is 512 g/mol. The molecule has 5 N–H and O–H groups in total. The Kier molecular flexibility index (Phi) is 7.93. The molecule has 0 saturated carbocycles. The quantitative estimate of drug-likeness (QED) is 0.196. The largest absolute Gasteiger partial charge is 0.423 e. The van der Waals surface area contributed by atoms with E-state index in [2.05, 4.69) is 20.9 Å². The number of benzene rings is 2. The first-order valence-electron chi connectivity index (χ1n) is 11.1. The average Bonchev–Trinajstić information content (AvgIpc) is 3.27. The van der Waals surface area contributed by atoms with Gasteiger partial charge < -0.3 is 31.0 Å². The fraction of sp³-hybridized carbons (Fsp3) is 0.250. The minimum atomic E-state index is -4.67. The number of hydrogen-bond acceptors (Lipinski definition) is 7. The van der Waals surface area contributed by atoms with Crippen LogP contribution >= 0.6 is 11.8 Å². The Labute approximate surface area is 214 Å². The number of furan rings is 1. The van der Waals surface area contributed by atoms with E-state index >= 15 is 0 Å². The number of thioether (sulfide) groups is 1. The smallest absolute Gasteiger partial charge is 0.416 e. The molecule has 0 saturated heterocycles. The van der Waals surface area contributed by atoms with Crippen molar-refractivity contribution in [2.24, 2.45) is 10.7 Å². The number of halogens is 4. The van der Waals surface area contributed by atoms with E-state index in [1.54, 1.807) is 47.3 Å². The fourth-order valence-corrected chi connectivity index (χ4v) is 4.02. The van der Waals surface area contributed by atoms with Crippen molar-refractivity contribution in [3.05, 3.63) is 65.5 Å². The zero-order valence-electron chi connectivity index (χ0n) is 19.6. The van der Waals surface area contributed by atoms with E-state index in [4.69, 9.17) is 10.2 Å². The highest BCUT2D eigenvalue weighted by atomic mass is 32.2. The van der Waals surface area contributed by atoms with Crippen LogP contribution in [0.5, 0.6) is 0 Å². The molecule has 13 heteroatoms. The molecule has 1 unspecified atom stereocenters. The summed E-state index contributed by atoms with van der Waals surface area (Å²) in [6.07, 6.45) is -0.657. The van der Waals surface area contributed by atoms with Gasteiger partial charge in [0, 0.05) is 24.0 Å². The minimum Gasteiger partial charge on any atom is -0.423 e. The summed E-state index contributed by atoms with van der Waals surface area (Å²) in [6, 6.07) is 9.19. The molecule has 4 rings (SSSR count). The number of fused-ring (bicyclic) bond motifs is 1. The molecular formula is C24H24F4N6O2S. The van der Waals surface area contributed by atoms with Gasteiger partial charge in [0.2, 0.25) is 5.88 Å². The number of urea groups is 1. The molecule has 0 bridgehead atoms. The van der Waals surface area contributed by atoms with Gasteiger partial charge in [-0.2, -0.15) is 24.9 Å². The van der Waals surface area contributed by atoms with Crippen molar-refractivity contribution in [3.63, 3.8) is 0 Å². The lowest BCUT2D eigenvalue weighted by atomic mass is 10.1. The van der Waals surface area contributed by atoms with Crippen LogP contribution in [0, 0.1) is 5.82 Å². The molecule has 1 aliphatic heterocycles. The molecule has 2 aromatic carbocycles. The summed E-state index contributed by atoms with van der Waals surface area (Å²) in [7, 11) is 0. The Bertz CT molecular complexity index is 1280. The Morgan fingerprint density at radius 1 is 1.16 bits per heavy atom. The number of carbonyl (C=O) groups excluding carboxylic acids is 1. The molecule has 0 aliphatic carbocycles. The van der Waals surface area contributed by atoms with Gasteiger partial charge in [-0.3, -0.25) is 0 Å². The first-order chi connectivity index (χ1) is 17.7. The Morgan fingerprint density at radius 3 is 2.62 bits per heavy atom. The van der Waals surface area contributed by atoms with E-state index in [1.165, 1.54) is 0 Å². The second-order valence-corrected chi connectivity index (χ2v) is 9.04. The maximum atomic E-state index is 13.9. The number of aliphatic imine (C=N–C) groups is 1. The number of nitrogens with one attached hydrogen (secondary N) is 3. The van der Waals surface area contributed by atoms with Crippen molar-refractivity contribution in [2.45, 2.75) is 18.8 Å². The molecule has 0 radical (unpaired) electrons. The van der Waals surface area contributed by atoms with Gasteiger partial charge in [0.1, 0.15) is 18.3 Å². The van der Waals surface area contributed by atoms with Crippen LogP contribution in [0.3, 0.4) is 0 Å². The van der Waals surface area contributed by atoms with Gasteiger partial charge in [-0.1, -0.05) is 0 Å². The van der Waals surface area contributed by atoms with Crippen LogP contribution in [0.2, 0.25) is 0 Å². The molecule has 0 fully saturated rings. The lowest BCUT2D eigenvalue weighted by Gasteiger charge is -2.28. The van der Waals surface area contributed by atoms with Crippen molar-refractivity contribution in [3.8, 4) is 0 Å². The Morgan fingerprint density at radius 2 is 1.92 bits per heavy atom. The highest BCUT2D eigenvalue weighted by Crippen LogP contribution is 2.37. The zero-order valence-corrected chi connectivity index (χ0v) is 20.4. The van der Waals surface area contributed by atoms with E-state index in [-0.39, 0.29) is 0 Å². The highest BCUT2D eigenvalue weighted by Gasteiger charge is 2.31. The van der Waals surface area contributed by atoms with Crippen LogP contribution in [-0.2, 0) is 6.18 Å². The summed E-state index contributed by atoms with van der Waals surface area (Å²) >= 11 is 1.77. The van der Waals surface area contributed by atoms with Crippen molar-refractivity contribution in [2.75, 3.05) is 39.4 Å². The third-order valence-electron chi connectivity index (χ3n) is 5.45. The maximum Gasteiger partial charge on any atom is 0.416 e. The van der Waals surface area contributed by atoms with E-state index in [0.717, 1.165) is 18.7 Å². The third-order valence-corrected chi connectivity index (χ3v) is 6.14. The monoisotopic (exact) mass is 536 g/mol. The van der Waals surface area contributed by atoms with Crippen LogP contribution in [0.15, 0.2) is 57.9 Å². The summed E-state index contributed by atoms with van der Waals surface area (Å²) in [4.78, 5) is 18.3. The number of anilines is 4. The van der Waals surface area contributed by atoms with Crippen LogP contribution in [0.4, 0.5) is 51.2 Å². The summed E-state index contributed by atoms with van der Waals surface area (Å²) in [5.41, 5.74) is 6.47. The summed E-state index contributed by atoms with van der Waals surface area (Å²) in [6.45, 7) is 0.762. The van der Waals surface area contributed by atoms with Crippen molar-refractivity contribution in [1.29, 1.82) is 0 Å². The zero-order chi connectivity index (χ0) is 26.6. The summed E-state index contributed by atoms with van der Waals surface area (Å²) in [5, 5.41) is 7.77. The molecule has 1 aromatic heterocycles. The molecule has 8 nitrogen and oxygen atoms in total. The topological polar surface area (TPSA) is 108 Å². The van der Waals surface area contributed by atoms with Gasteiger partial charge in [-0.15, -0.1) is 0 Å². The van der Waals surface area contributed by atoms with Gasteiger partial charge in [-0.05, 0) is 60.9 Å². The third kappa shape index (κ3) is 6.35. The molecule has 1 atom stereocenters. The maximum absolute atomic E-state index is 13.9. The lowest BCUT2D eigenvalue weighted by molar-refractivity contribution is -0.137. The molecule has 1 aliphatic rings. The summed E-state index contributed by atoms with van der Waals surface area (Å²) in [5.74, 6) is 1.05. The van der Waals surface area contributed by atoms with Crippen LogP contribution in [0.1, 0.15) is 23.7 Å². The van der Waals surface area contributed by atoms with E-state index in [9.17, 15) is 22.4 Å².